The molecule has 1 aromatic carbocycles. The van der Waals surface area contributed by atoms with Gasteiger partial charge in [-0.05, 0) is 30.3 Å². The summed E-state index contributed by atoms with van der Waals surface area (Å²) in [7, 11) is 3.12. The molecule has 0 bridgehead atoms. The van der Waals surface area contributed by atoms with E-state index >= 15 is 0 Å². The maximum absolute atomic E-state index is 12.8. The van der Waals surface area contributed by atoms with Gasteiger partial charge in [0, 0.05) is 18.3 Å². The van der Waals surface area contributed by atoms with Crippen molar-refractivity contribution in [3.63, 3.8) is 0 Å². The minimum Gasteiger partial charge on any atom is -0.497 e. The molecule has 0 aliphatic rings. The second-order valence-corrected chi connectivity index (χ2v) is 6.22. The lowest BCUT2D eigenvalue weighted by Gasteiger charge is -2.13. The number of pyridine rings is 1. The Morgan fingerprint density at radius 3 is 2.83 bits per heavy atom. The number of nitrogens with zero attached hydrogens (tertiary/aromatic N) is 5. The number of amides is 1. The number of hydrogen-bond acceptors (Lipinski definition) is 7. The van der Waals surface area contributed by atoms with Gasteiger partial charge in [-0.2, -0.15) is 0 Å². The van der Waals surface area contributed by atoms with E-state index in [1.54, 1.807) is 50.7 Å². The maximum Gasteiger partial charge on any atom is 0.297 e. The van der Waals surface area contributed by atoms with Crippen molar-refractivity contribution in [2.45, 2.75) is 13.1 Å². The largest absolute Gasteiger partial charge is 0.497 e. The van der Waals surface area contributed by atoms with Crippen molar-refractivity contribution in [3.05, 3.63) is 58.8 Å². The second kappa shape index (κ2) is 7.58. The fraction of sp³-hybridized carbons (Fsp3) is 0.211. The summed E-state index contributed by atoms with van der Waals surface area (Å²) in [4.78, 5) is 29.7. The van der Waals surface area contributed by atoms with Gasteiger partial charge in [0.1, 0.15) is 24.4 Å². The average molecular weight is 394 g/mol. The van der Waals surface area contributed by atoms with Crippen LogP contribution in [-0.2, 0) is 17.9 Å². The minimum absolute atomic E-state index is 0.110. The predicted octanol–water partition coefficient (Wildman–Crippen LogP) is 0.773. The van der Waals surface area contributed by atoms with Crippen LogP contribution in [0.1, 0.15) is 5.56 Å². The Balaban J connectivity index is 1.61. The van der Waals surface area contributed by atoms with E-state index in [-0.39, 0.29) is 24.6 Å². The molecule has 1 amide bonds. The van der Waals surface area contributed by atoms with Crippen LogP contribution in [-0.4, -0.2) is 44.3 Å². The van der Waals surface area contributed by atoms with E-state index in [9.17, 15) is 9.59 Å². The van der Waals surface area contributed by atoms with Gasteiger partial charge in [-0.15, -0.1) is 10.2 Å². The molecule has 29 heavy (non-hydrogen) atoms. The number of hydrogen-bond donors (Lipinski definition) is 1. The molecule has 0 radical (unpaired) electrons. The second-order valence-electron chi connectivity index (χ2n) is 6.22. The summed E-state index contributed by atoms with van der Waals surface area (Å²) in [6, 6.07) is 8.75. The molecule has 0 saturated heterocycles. The number of carbonyl (C=O) groups is 1. The van der Waals surface area contributed by atoms with Gasteiger partial charge in [-0.25, -0.2) is 4.98 Å². The van der Waals surface area contributed by atoms with Crippen molar-refractivity contribution in [2.24, 2.45) is 0 Å². The first kappa shape index (κ1) is 18.4. The van der Waals surface area contributed by atoms with E-state index in [0.29, 0.717) is 22.7 Å². The number of methoxy groups -OCH3 is 2. The van der Waals surface area contributed by atoms with Crippen molar-refractivity contribution in [1.82, 2.24) is 29.5 Å². The standard InChI is InChI=1S/C19H18N6O4/c1-28-13-5-6-15(29-2)12(8-13)9-21-16(26)10-24-14-4-3-7-20-17(14)25-11-22-23-18(25)19(24)27/h3-8,11H,9-10H2,1-2H3,(H,21,26). The van der Waals surface area contributed by atoms with Crippen LogP contribution in [0.2, 0.25) is 0 Å². The highest BCUT2D eigenvalue weighted by atomic mass is 16.5. The van der Waals surface area contributed by atoms with Crippen molar-refractivity contribution in [3.8, 4) is 11.5 Å². The molecule has 4 aromatic rings. The van der Waals surface area contributed by atoms with Crippen LogP contribution >= 0.6 is 0 Å². The summed E-state index contributed by atoms with van der Waals surface area (Å²) >= 11 is 0. The molecule has 0 aliphatic heterocycles. The van der Waals surface area contributed by atoms with Crippen LogP contribution < -0.4 is 20.3 Å². The highest BCUT2D eigenvalue weighted by Crippen LogP contribution is 2.23. The zero-order valence-corrected chi connectivity index (χ0v) is 15.8. The lowest BCUT2D eigenvalue weighted by molar-refractivity contribution is -0.121. The van der Waals surface area contributed by atoms with Crippen LogP contribution in [0.5, 0.6) is 11.5 Å². The Morgan fingerprint density at radius 2 is 2.03 bits per heavy atom. The van der Waals surface area contributed by atoms with Crippen molar-refractivity contribution in [2.75, 3.05) is 14.2 Å². The SMILES string of the molecule is COc1ccc(OC)c(CNC(=O)Cn2c(=O)c3nncn3c3ncccc32)c1. The Kier molecular flexibility index (Phi) is 4.82. The van der Waals surface area contributed by atoms with Gasteiger partial charge < -0.3 is 14.8 Å². The third kappa shape index (κ3) is 3.35. The quantitative estimate of drug-likeness (QED) is 0.514. The molecule has 0 fully saturated rings. The summed E-state index contributed by atoms with van der Waals surface area (Å²) in [5.74, 6) is 0.939. The maximum atomic E-state index is 12.8. The van der Waals surface area contributed by atoms with Crippen LogP contribution in [0.3, 0.4) is 0 Å². The molecular formula is C19H18N6O4. The molecule has 10 nitrogen and oxygen atoms in total. The first-order valence-electron chi connectivity index (χ1n) is 8.77. The van der Waals surface area contributed by atoms with Gasteiger partial charge in [-0.1, -0.05) is 0 Å². The number of nitrogens with one attached hydrogen (secondary N) is 1. The molecule has 0 aliphatic carbocycles. The molecule has 3 aromatic heterocycles. The van der Waals surface area contributed by atoms with Crippen LogP contribution in [0, 0.1) is 0 Å². The number of fused-ring (bicyclic) bond motifs is 3. The van der Waals surface area contributed by atoms with E-state index in [2.05, 4.69) is 20.5 Å². The number of ether oxygens (including phenoxy) is 2. The third-order valence-electron chi connectivity index (χ3n) is 4.53. The molecule has 10 heteroatoms. The predicted molar refractivity (Wildman–Crippen MR) is 104 cm³/mol. The molecule has 0 unspecified atom stereocenters. The Labute approximate surface area is 164 Å². The lowest BCUT2D eigenvalue weighted by atomic mass is 10.2. The number of aromatic nitrogens is 5. The van der Waals surface area contributed by atoms with Crippen LogP contribution in [0.4, 0.5) is 0 Å². The molecular weight excluding hydrogens is 376 g/mol. The molecule has 0 spiro atoms. The normalized spacial score (nSPS) is 11.0. The Hall–Kier alpha value is -3.95. The smallest absolute Gasteiger partial charge is 0.297 e. The molecule has 0 atom stereocenters. The van der Waals surface area contributed by atoms with Gasteiger partial charge in [0.2, 0.25) is 11.6 Å². The summed E-state index contributed by atoms with van der Waals surface area (Å²) in [6.07, 6.45) is 3.03. The molecule has 148 valence electrons. The molecule has 1 N–H and O–H groups in total. The molecule has 0 saturated carbocycles. The van der Waals surface area contributed by atoms with Crippen molar-refractivity contribution in [1.29, 1.82) is 0 Å². The van der Waals surface area contributed by atoms with E-state index in [4.69, 9.17) is 9.47 Å². The Morgan fingerprint density at radius 1 is 1.17 bits per heavy atom. The zero-order chi connectivity index (χ0) is 20.4. The highest BCUT2D eigenvalue weighted by molar-refractivity contribution is 5.80. The van der Waals surface area contributed by atoms with Crippen molar-refractivity contribution < 1.29 is 14.3 Å². The lowest BCUT2D eigenvalue weighted by Crippen LogP contribution is -2.33. The van der Waals surface area contributed by atoms with Gasteiger partial charge >= 0.3 is 0 Å². The van der Waals surface area contributed by atoms with E-state index in [1.165, 1.54) is 15.3 Å². The summed E-state index contributed by atoms with van der Waals surface area (Å²) in [6.45, 7) is 0.0357. The number of rotatable bonds is 6. The first-order chi connectivity index (χ1) is 14.1. The minimum atomic E-state index is -0.419. The fourth-order valence-corrected chi connectivity index (χ4v) is 3.12. The van der Waals surface area contributed by atoms with Crippen molar-refractivity contribution >= 4 is 22.7 Å². The van der Waals surface area contributed by atoms with Gasteiger partial charge in [0.25, 0.3) is 5.56 Å². The zero-order valence-electron chi connectivity index (χ0n) is 15.8. The monoisotopic (exact) mass is 394 g/mol. The van der Waals surface area contributed by atoms with E-state index in [1.807, 2.05) is 0 Å². The van der Waals surface area contributed by atoms with Gasteiger partial charge in [0.15, 0.2) is 5.65 Å². The molecule has 3 heterocycles. The molecule has 4 rings (SSSR count). The van der Waals surface area contributed by atoms with E-state index in [0.717, 1.165) is 5.56 Å². The van der Waals surface area contributed by atoms with Crippen LogP contribution in [0.25, 0.3) is 16.8 Å². The first-order valence-corrected chi connectivity index (χ1v) is 8.77. The van der Waals surface area contributed by atoms with Gasteiger partial charge in [-0.3, -0.25) is 18.6 Å². The number of carbonyl (C=O) groups excluding carboxylic acids is 1. The fourth-order valence-electron chi connectivity index (χ4n) is 3.12. The summed E-state index contributed by atoms with van der Waals surface area (Å²) < 4.78 is 13.4. The summed E-state index contributed by atoms with van der Waals surface area (Å²) in [5, 5.41) is 10.4. The van der Waals surface area contributed by atoms with Crippen LogP contribution in [0.15, 0.2) is 47.7 Å². The summed E-state index contributed by atoms with van der Waals surface area (Å²) in [5.41, 5.74) is 1.45. The van der Waals surface area contributed by atoms with Gasteiger partial charge in [0.05, 0.1) is 19.7 Å². The third-order valence-corrected chi connectivity index (χ3v) is 4.53. The highest BCUT2D eigenvalue weighted by Gasteiger charge is 2.15. The number of benzene rings is 1. The van der Waals surface area contributed by atoms with E-state index < -0.39 is 5.56 Å². The Bertz CT molecular complexity index is 1260. The topological polar surface area (TPSA) is 113 Å². The average Bonchev–Trinajstić information content (AvgIpc) is 3.25.